The molecule has 19 heavy (non-hydrogen) atoms. The molecule has 0 saturated carbocycles. The van der Waals surface area contributed by atoms with Crippen LogP contribution in [0.3, 0.4) is 0 Å². The van der Waals surface area contributed by atoms with Crippen molar-refractivity contribution in [3.05, 3.63) is 27.7 Å². The van der Waals surface area contributed by atoms with E-state index in [4.69, 9.17) is 10.00 Å². The standard InChI is InChI=1S/C11H7BrF3NO2S/c1-2-18-10(17)7-4-9(19-11(13,14)15)6(5-16)3-8(7)12/h3-4H,2H2,1H3. The zero-order chi connectivity index (χ0) is 14.6. The molecule has 0 radical (unpaired) electrons. The van der Waals surface area contributed by atoms with Gasteiger partial charge in [0.25, 0.3) is 0 Å². The van der Waals surface area contributed by atoms with Gasteiger partial charge in [-0.1, -0.05) is 0 Å². The number of carbonyl (C=O) groups excluding carboxylic acids is 1. The Kier molecular flexibility index (Phi) is 5.26. The number of carbonyl (C=O) groups is 1. The van der Waals surface area contributed by atoms with E-state index in [9.17, 15) is 18.0 Å². The summed E-state index contributed by atoms with van der Waals surface area (Å²) >= 11 is 2.59. The van der Waals surface area contributed by atoms with Crippen molar-refractivity contribution in [1.82, 2.24) is 0 Å². The number of rotatable bonds is 3. The lowest BCUT2D eigenvalue weighted by Gasteiger charge is -2.10. The van der Waals surface area contributed by atoms with Crippen LogP contribution in [0.15, 0.2) is 21.5 Å². The molecule has 8 heteroatoms. The average Bonchev–Trinajstić information content (AvgIpc) is 2.29. The first-order chi connectivity index (χ1) is 8.78. The molecule has 0 spiro atoms. The van der Waals surface area contributed by atoms with Crippen molar-refractivity contribution < 1.29 is 22.7 Å². The number of nitrogens with zero attached hydrogens (tertiary/aromatic N) is 1. The summed E-state index contributed by atoms with van der Waals surface area (Å²) in [5.74, 6) is -0.747. The lowest BCUT2D eigenvalue weighted by atomic mass is 10.1. The molecule has 0 aliphatic rings. The number of benzene rings is 1. The van der Waals surface area contributed by atoms with Crippen molar-refractivity contribution in [2.45, 2.75) is 17.3 Å². The van der Waals surface area contributed by atoms with Crippen LogP contribution in [-0.4, -0.2) is 18.1 Å². The van der Waals surface area contributed by atoms with Crippen LogP contribution < -0.4 is 0 Å². The van der Waals surface area contributed by atoms with Gasteiger partial charge in [-0.05, 0) is 46.7 Å². The molecule has 0 atom stereocenters. The number of thioether (sulfide) groups is 1. The number of ether oxygens (including phenoxy) is 1. The highest BCUT2D eigenvalue weighted by molar-refractivity contribution is 9.10. The molecule has 0 aliphatic heterocycles. The highest BCUT2D eigenvalue weighted by Gasteiger charge is 2.31. The molecule has 3 nitrogen and oxygen atoms in total. The number of hydrogen-bond donors (Lipinski definition) is 0. The topological polar surface area (TPSA) is 50.1 Å². The summed E-state index contributed by atoms with van der Waals surface area (Å²) in [6, 6.07) is 3.82. The van der Waals surface area contributed by atoms with Crippen LogP contribution in [-0.2, 0) is 4.74 Å². The molecule has 0 bridgehead atoms. The van der Waals surface area contributed by atoms with Crippen molar-refractivity contribution in [1.29, 1.82) is 5.26 Å². The van der Waals surface area contributed by atoms with Gasteiger partial charge in [-0.3, -0.25) is 0 Å². The van der Waals surface area contributed by atoms with Crippen LogP contribution in [0.2, 0.25) is 0 Å². The highest BCUT2D eigenvalue weighted by Crippen LogP contribution is 2.40. The fourth-order valence-electron chi connectivity index (χ4n) is 1.22. The summed E-state index contributed by atoms with van der Waals surface area (Å²) in [6.07, 6.45) is 0. The molecule has 1 rings (SSSR count). The minimum absolute atomic E-state index is 0.0485. The van der Waals surface area contributed by atoms with Crippen molar-refractivity contribution in [3.63, 3.8) is 0 Å². The monoisotopic (exact) mass is 353 g/mol. The van der Waals surface area contributed by atoms with Gasteiger partial charge in [0.2, 0.25) is 0 Å². The maximum absolute atomic E-state index is 12.4. The molecule has 0 aromatic heterocycles. The SMILES string of the molecule is CCOC(=O)c1cc(SC(F)(F)F)c(C#N)cc1Br. The van der Waals surface area contributed by atoms with Crippen LogP contribution in [0.1, 0.15) is 22.8 Å². The second kappa shape index (κ2) is 6.30. The van der Waals surface area contributed by atoms with E-state index in [1.807, 2.05) is 0 Å². The Morgan fingerprint density at radius 3 is 2.63 bits per heavy atom. The Bertz CT molecular complexity index is 540. The van der Waals surface area contributed by atoms with Crippen molar-refractivity contribution >= 4 is 33.7 Å². The summed E-state index contributed by atoms with van der Waals surface area (Å²) in [4.78, 5) is 11.2. The van der Waals surface area contributed by atoms with Gasteiger partial charge in [0.15, 0.2) is 0 Å². The third-order valence-corrected chi connectivity index (χ3v) is 3.36. The average molecular weight is 354 g/mol. The molecule has 1 aromatic rings. The van der Waals surface area contributed by atoms with E-state index in [1.165, 1.54) is 6.07 Å². The van der Waals surface area contributed by atoms with Gasteiger partial charge in [0.05, 0.1) is 17.7 Å². The fourth-order valence-corrected chi connectivity index (χ4v) is 2.36. The van der Waals surface area contributed by atoms with Crippen LogP contribution in [0, 0.1) is 11.3 Å². The zero-order valence-corrected chi connectivity index (χ0v) is 11.9. The predicted molar refractivity (Wildman–Crippen MR) is 66.7 cm³/mol. The molecule has 1 aromatic carbocycles. The zero-order valence-electron chi connectivity index (χ0n) is 9.55. The second-order valence-corrected chi connectivity index (χ2v) is 5.17. The second-order valence-electron chi connectivity index (χ2n) is 3.21. The third-order valence-electron chi connectivity index (χ3n) is 1.91. The van der Waals surface area contributed by atoms with E-state index in [1.54, 1.807) is 13.0 Å². The summed E-state index contributed by atoms with van der Waals surface area (Å²) in [6.45, 7) is 1.69. The van der Waals surface area contributed by atoms with E-state index in [0.717, 1.165) is 6.07 Å². The smallest absolute Gasteiger partial charge is 0.446 e. The van der Waals surface area contributed by atoms with E-state index < -0.39 is 23.2 Å². The minimum Gasteiger partial charge on any atom is -0.462 e. The first-order valence-corrected chi connectivity index (χ1v) is 6.56. The van der Waals surface area contributed by atoms with Gasteiger partial charge >= 0.3 is 11.5 Å². The van der Waals surface area contributed by atoms with Gasteiger partial charge in [-0.25, -0.2) is 4.79 Å². The van der Waals surface area contributed by atoms with Gasteiger partial charge in [-0.2, -0.15) is 18.4 Å². The Balaban J connectivity index is 3.26. The molecule has 102 valence electrons. The summed E-state index contributed by atoms with van der Waals surface area (Å²) in [7, 11) is 0. The maximum atomic E-state index is 12.4. The van der Waals surface area contributed by atoms with E-state index in [0.29, 0.717) is 0 Å². The molecule has 0 fully saturated rings. The molecule has 0 saturated heterocycles. The number of alkyl halides is 3. The van der Waals surface area contributed by atoms with E-state index in [2.05, 4.69) is 15.9 Å². The summed E-state index contributed by atoms with van der Waals surface area (Å²) in [5.41, 5.74) is -4.75. The predicted octanol–water partition coefficient (Wildman–Crippen LogP) is 4.11. The number of halogens is 4. The van der Waals surface area contributed by atoms with E-state index >= 15 is 0 Å². The molecule has 0 aliphatic carbocycles. The number of hydrogen-bond acceptors (Lipinski definition) is 4. The van der Waals surface area contributed by atoms with E-state index in [-0.39, 0.29) is 27.1 Å². The number of nitriles is 1. The lowest BCUT2D eigenvalue weighted by Crippen LogP contribution is -2.07. The van der Waals surface area contributed by atoms with Gasteiger partial charge < -0.3 is 4.74 Å². The first kappa shape index (κ1) is 15.9. The van der Waals surface area contributed by atoms with Crippen molar-refractivity contribution in [2.75, 3.05) is 6.61 Å². The third kappa shape index (κ3) is 4.44. The lowest BCUT2D eigenvalue weighted by molar-refractivity contribution is -0.0328. The van der Waals surface area contributed by atoms with Crippen LogP contribution >= 0.6 is 27.7 Å². The van der Waals surface area contributed by atoms with Crippen LogP contribution in [0.25, 0.3) is 0 Å². The van der Waals surface area contributed by atoms with Gasteiger partial charge in [0.1, 0.15) is 6.07 Å². The Hall–Kier alpha value is -1.20. The first-order valence-electron chi connectivity index (χ1n) is 4.95. The molecule has 0 unspecified atom stereocenters. The van der Waals surface area contributed by atoms with Crippen molar-refractivity contribution in [2.24, 2.45) is 0 Å². The Morgan fingerprint density at radius 2 is 2.16 bits per heavy atom. The Morgan fingerprint density at radius 1 is 1.53 bits per heavy atom. The van der Waals surface area contributed by atoms with Crippen LogP contribution in [0.5, 0.6) is 0 Å². The summed E-state index contributed by atoms with van der Waals surface area (Å²) < 4.78 is 42.0. The minimum atomic E-state index is -4.54. The summed E-state index contributed by atoms with van der Waals surface area (Å²) in [5, 5.41) is 8.80. The molecular weight excluding hydrogens is 347 g/mol. The largest absolute Gasteiger partial charge is 0.462 e. The number of esters is 1. The normalized spacial score (nSPS) is 10.9. The van der Waals surface area contributed by atoms with Gasteiger partial charge in [-0.15, -0.1) is 0 Å². The molecule has 0 N–H and O–H groups in total. The highest BCUT2D eigenvalue weighted by atomic mass is 79.9. The fraction of sp³-hybridized carbons (Fsp3) is 0.273. The van der Waals surface area contributed by atoms with Gasteiger partial charge in [0, 0.05) is 9.37 Å². The molecule has 0 heterocycles. The Labute approximate surface area is 119 Å². The van der Waals surface area contributed by atoms with Crippen molar-refractivity contribution in [3.8, 4) is 6.07 Å². The molecular formula is C11H7BrF3NO2S. The maximum Gasteiger partial charge on any atom is 0.446 e. The quantitative estimate of drug-likeness (QED) is 0.606. The molecule has 0 amide bonds. The van der Waals surface area contributed by atoms with Crippen LogP contribution in [0.4, 0.5) is 13.2 Å².